The second kappa shape index (κ2) is 24.7. The first kappa shape index (κ1) is 66.7. The fourth-order valence-electron chi connectivity index (χ4n) is 22.5. The molecule has 0 bridgehead atoms. The zero-order valence-electron chi connectivity index (χ0n) is 66.5. The fraction of sp³-hybridized carbons (Fsp3) is 0.0741. The predicted octanol–water partition coefficient (Wildman–Crippen LogP) is 22.3. The Balaban J connectivity index is 0.0000000828. The maximum atomic E-state index is 5.17. The van der Waals surface area contributed by atoms with E-state index in [4.69, 9.17) is 39.9 Å². The lowest BCUT2D eigenvalue weighted by Gasteiger charge is -2.09. The Hall–Kier alpha value is -16.2. The van der Waals surface area contributed by atoms with Gasteiger partial charge in [0.15, 0.2) is 22.6 Å². The third kappa shape index (κ3) is 9.18. The third-order valence-corrected chi connectivity index (χ3v) is 27.8. The van der Waals surface area contributed by atoms with Gasteiger partial charge in [0.25, 0.3) is 0 Å². The first-order chi connectivity index (χ1) is 61.5. The molecule has 124 heavy (non-hydrogen) atoms. The lowest BCUT2D eigenvalue weighted by Crippen LogP contribution is -1.97. The van der Waals surface area contributed by atoms with E-state index in [9.17, 15) is 0 Å². The van der Waals surface area contributed by atoms with Crippen LogP contribution in [-0.2, 0) is 51.4 Å². The highest BCUT2D eigenvalue weighted by molar-refractivity contribution is 6.15. The van der Waals surface area contributed by atoms with Gasteiger partial charge < -0.3 is 0 Å². The lowest BCUT2D eigenvalue weighted by atomic mass is 9.99. The van der Waals surface area contributed by atoms with E-state index in [-0.39, 0.29) is 0 Å². The molecule has 16 aromatic heterocycles. The maximum Gasteiger partial charge on any atom is 0.164 e. The molecule has 0 aliphatic heterocycles. The average molecular weight is 1590 g/mol. The van der Waals surface area contributed by atoms with Gasteiger partial charge in [-0.1, -0.05) is 146 Å². The number of benzene rings is 8. The predicted molar refractivity (Wildman–Crippen MR) is 489 cm³/mol. The summed E-state index contributed by atoms with van der Waals surface area (Å²) in [5.74, 6) is 0. The van der Waals surface area contributed by atoms with Crippen LogP contribution in [0.4, 0.5) is 0 Å². The van der Waals surface area contributed by atoms with E-state index in [0.29, 0.717) is 0 Å². The van der Waals surface area contributed by atoms with Crippen molar-refractivity contribution in [1.29, 1.82) is 0 Å². The van der Waals surface area contributed by atoms with Crippen molar-refractivity contribution < 1.29 is 0 Å². The van der Waals surface area contributed by atoms with Crippen molar-refractivity contribution in [3.05, 3.63) is 382 Å². The van der Waals surface area contributed by atoms with Crippen molar-refractivity contribution in [1.82, 2.24) is 77.4 Å². The van der Waals surface area contributed by atoms with Crippen molar-refractivity contribution in [2.24, 2.45) is 0 Å². The molecule has 8 aliphatic rings. The quantitative estimate of drug-likeness (QED) is 0.132. The molecule has 0 saturated carbocycles. The molecule has 0 unspecified atom stereocenters. The monoisotopic (exact) mass is 1580 g/mol. The van der Waals surface area contributed by atoms with E-state index < -0.39 is 0 Å². The molecule has 8 aliphatic carbocycles. The van der Waals surface area contributed by atoms with E-state index in [1.54, 1.807) is 0 Å². The molecule has 0 spiro atoms. The van der Waals surface area contributed by atoms with Crippen molar-refractivity contribution in [2.45, 2.75) is 51.4 Å². The molecule has 0 saturated heterocycles. The minimum atomic E-state index is 0.894. The van der Waals surface area contributed by atoms with E-state index in [1.807, 2.05) is 98.6 Å². The van der Waals surface area contributed by atoms with Crippen LogP contribution in [-0.4, -0.2) is 77.4 Å². The molecular weight excluding hydrogens is 1520 g/mol. The van der Waals surface area contributed by atoms with Gasteiger partial charge in [-0.15, -0.1) is 0 Å². The van der Waals surface area contributed by atoms with Crippen LogP contribution in [0.3, 0.4) is 0 Å². The van der Waals surface area contributed by atoms with E-state index in [2.05, 4.69) is 232 Å². The Morgan fingerprint density at radius 2 is 0.419 bits per heavy atom. The van der Waals surface area contributed by atoms with Crippen molar-refractivity contribution in [3.8, 4) is 89.5 Å². The highest BCUT2D eigenvalue weighted by atomic mass is 15.1. The smallest absolute Gasteiger partial charge is 0.164 e. The molecule has 16 heterocycles. The summed E-state index contributed by atoms with van der Waals surface area (Å²) in [4.78, 5) is 57.1. The zero-order valence-corrected chi connectivity index (χ0v) is 66.5. The van der Waals surface area contributed by atoms with Gasteiger partial charge in [0.2, 0.25) is 0 Å². The van der Waals surface area contributed by atoms with Gasteiger partial charge in [-0.3, -0.25) is 57.5 Å². The zero-order chi connectivity index (χ0) is 80.4. The first-order valence-corrected chi connectivity index (χ1v) is 42.5. The SMILES string of the molecule is c1ccc2c(c1)Cc1cc3c(cc1-2)-c1nc2c4ncccc4c4cnccc4n2c1C3.c1ccc2c(c1)Cc1cc3c(cc1-2)-c1nc2c4ncccc4c4cnccc4n2c1C3.c1ccc2c(c1)Cc1cc3c(cc1-2)-c1nc2c4ncccc4c4cnccc4n2c1C3.c1ccc2c(c1)Cc1cc3c(cc1-2)-c1nc2c4ncccc4c4cnccc4n2c1C3. The van der Waals surface area contributed by atoms with E-state index in [0.717, 1.165) is 184 Å². The van der Waals surface area contributed by atoms with E-state index >= 15 is 0 Å². The normalized spacial score (nSPS) is 13.5. The van der Waals surface area contributed by atoms with Crippen LogP contribution < -0.4 is 0 Å². The van der Waals surface area contributed by atoms with Gasteiger partial charge in [0.05, 0.1) is 67.6 Å². The van der Waals surface area contributed by atoms with Gasteiger partial charge in [0, 0.05) is 165 Å². The number of hydrogen-bond acceptors (Lipinski definition) is 12. The molecule has 24 aromatic rings. The molecule has 0 amide bonds. The molecule has 16 heteroatoms. The Morgan fingerprint density at radius 3 is 0.669 bits per heavy atom. The van der Waals surface area contributed by atoms with Crippen molar-refractivity contribution >= 4 is 110 Å². The van der Waals surface area contributed by atoms with Crippen molar-refractivity contribution in [3.63, 3.8) is 0 Å². The number of pyridine rings is 12. The Bertz CT molecular complexity index is 8010. The number of nitrogens with zero attached hydrogens (tertiary/aromatic N) is 16. The topological polar surface area (TPSA) is 172 Å². The van der Waals surface area contributed by atoms with Gasteiger partial charge in [0.1, 0.15) is 22.1 Å². The van der Waals surface area contributed by atoms with Crippen LogP contribution in [0.1, 0.15) is 89.5 Å². The Kier molecular flexibility index (Phi) is 13.3. The highest BCUT2D eigenvalue weighted by Crippen LogP contribution is 2.52. The minimum absolute atomic E-state index is 0.894. The Labute approximate surface area is 706 Å². The molecular formula is C108H64N16. The summed E-state index contributed by atoms with van der Waals surface area (Å²) >= 11 is 0. The minimum Gasteiger partial charge on any atom is -0.294 e. The fourth-order valence-corrected chi connectivity index (χ4v) is 22.5. The van der Waals surface area contributed by atoms with Crippen LogP contribution in [0.2, 0.25) is 0 Å². The number of hydrogen-bond donors (Lipinski definition) is 0. The van der Waals surface area contributed by atoms with Crippen LogP contribution in [0.25, 0.3) is 199 Å². The summed E-state index contributed by atoms with van der Waals surface area (Å²) < 4.78 is 9.23. The van der Waals surface area contributed by atoms with Gasteiger partial charge in [-0.05, 0) is 210 Å². The molecule has 32 rings (SSSR count). The molecule has 0 radical (unpaired) electrons. The summed E-state index contributed by atoms with van der Waals surface area (Å²) in [6.45, 7) is 0. The third-order valence-electron chi connectivity index (χ3n) is 27.8. The summed E-state index contributed by atoms with van der Waals surface area (Å²) in [5, 5.41) is 8.87. The second-order valence-corrected chi connectivity index (χ2v) is 34.1. The van der Waals surface area contributed by atoms with Gasteiger partial charge in [-0.25, -0.2) is 19.9 Å². The second-order valence-electron chi connectivity index (χ2n) is 34.1. The van der Waals surface area contributed by atoms with Crippen LogP contribution in [0.15, 0.2) is 293 Å². The molecule has 8 aromatic carbocycles. The maximum absolute atomic E-state index is 5.17. The highest BCUT2D eigenvalue weighted by Gasteiger charge is 2.36. The number of imidazole rings is 4. The largest absolute Gasteiger partial charge is 0.294 e. The lowest BCUT2D eigenvalue weighted by molar-refractivity contribution is 1.08. The summed E-state index contributed by atoms with van der Waals surface area (Å²) in [7, 11) is 0. The van der Waals surface area contributed by atoms with Crippen LogP contribution in [0.5, 0.6) is 0 Å². The Morgan fingerprint density at radius 1 is 0.185 bits per heavy atom. The molecule has 576 valence electrons. The molecule has 0 N–H and O–H groups in total. The summed E-state index contributed by atoms with van der Waals surface area (Å²) in [6, 6.07) is 78.9. The summed E-state index contributed by atoms with van der Waals surface area (Å²) in [5.41, 5.74) is 54.3. The van der Waals surface area contributed by atoms with Crippen LogP contribution in [0, 0.1) is 0 Å². The molecule has 0 atom stereocenters. The van der Waals surface area contributed by atoms with Crippen molar-refractivity contribution in [2.75, 3.05) is 0 Å². The van der Waals surface area contributed by atoms with Crippen LogP contribution >= 0.6 is 0 Å². The molecule has 16 nitrogen and oxygen atoms in total. The average Bonchev–Trinajstić information content (AvgIpc) is 1.56. The first-order valence-electron chi connectivity index (χ1n) is 42.5. The van der Waals surface area contributed by atoms with Gasteiger partial charge >= 0.3 is 0 Å². The summed E-state index contributed by atoms with van der Waals surface area (Å²) in [6.07, 6.45) is 30.3. The van der Waals surface area contributed by atoms with E-state index in [1.165, 1.54) is 156 Å². The number of fused-ring (bicyclic) bond motifs is 52. The standard InChI is InChI=1S/4C27H16N4/c4*1-2-5-18-15(4-1)10-16-11-17-12-24-25(21(17)13-20(16)18)30-27-26-19(6-3-8-29-26)22-14-28-9-7-23(22)31(24)27/h4*1-9,11,13-14H,10,12H2. The van der Waals surface area contributed by atoms with Gasteiger partial charge in [-0.2, -0.15) is 0 Å². The molecule has 0 fully saturated rings. The number of rotatable bonds is 0. The number of aromatic nitrogens is 16.